The molecule has 2 rings (SSSR count). The van der Waals surface area contributed by atoms with Crippen molar-refractivity contribution >= 4 is 45.3 Å². The van der Waals surface area contributed by atoms with Gasteiger partial charge >= 0.3 is 11.9 Å². The lowest BCUT2D eigenvalue weighted by atomic mass is 10.1. The normalized spacial score (nSPS) is 12.4. The minimum atomic E-state index is -1.19. The molecule has 0 aliphatic heterocycles. The third-order valence-corrected chi connectivity index (χ3v) is 6.45. The van der Waals surface area contributed by atoms with Crippen LogP contribution in [-0.4, -0.2) is 57.6 Å². The second-order valence-electron chi connectivity index (χ2n) is 6.42. The van der Waals surface area contributed by atoms with E-state index >= 15 is 0 Å². The van der Waals surface area contributed by atoms with Gasteiger partial charge in [-0.3, -0.25) is 9.59 Å². The van der Waals surface area contributed by atoms with Crippen molar-refractivity contribution in [1.82, 2.24) is 10.6 Å². The number of carboxylic acids is 2. The van der Waals surface area contributed by atoms with Crippen LogP contribution in [0.5, 0.6) is 0 Å². The topological polar surface area (TPSA) is 133 Å². The fraction of sp³-hybridized carbons (Fsp3) is 0.238. The number of benzene rings is 2. The Morgan fingerprint density at radius 3 is 1.74 bits per heavy atom. The Kier molecular flexibility index (Phi) is 9.92. The highest BCUT2D eigenvalue weighted by Crippen LogP contribution is 2.23. The maximum Gasteiger partial charge on any atom is 0.327 e. The number of hydrogen-bond donors (Lipinski definition) is 4. The van der Waals surface area contributed by atoms with Gasteiger partial charge in [0, 0.05) is 17.1 Å². The standard InChI is InChI=1S/C21H22N2O6S2/c24-18(11-14-7-3-1-4-8-14)22-16(20(26)27)12-30-31-13-17(21(28)29)23-19(25)15-9-5-2-6-10-15/h1-10,16-17H,11-13H2,(H,22,24)(H,23,25)(H,26,27)(H,28,29). The van der Waals surface area contributed by atoms with E-state index in [2.05, 4.69) is 10.6 Å². The number of amides is 2. The lowest BCUT2D eigenvalue weighted by Gasteiger charge is -2.16. The lowest BCUT2D eigenvalue weighted by Crippen LogP contribution is -2.43. The molecule has 31 heavy (non-hydrogen) atoms. The van der Waals surface area contributed by atoms with Crippen molar-refractivity contribution in [2.45, 2.75) is 18.5 Å². The average molecular weight is 463 g/mol. The number of aliphatic carboxylic acids is 2. The van der Waals surface area contributed by atoms with E-state index in [1.54, 1.807) is 54.6 Å². The first-order chi connectivity index (χ1) is 14.9. The predicted molar refractivity (Wildman–Crippen MR) is 120 cm³/mol. The van der Waals surface area contributed by atoms with Crippen LogP contribution in [0, 0.1) is 0 Å². The van der Waals surface area contributed by atoms with Crippen LogP contribution in [0.1, 0.15) is 15.9 Å². The minimum absolute atomic E-state index is 0.0306. The van der Waals surface area contributed by atoms with Crippen molar-refractivity contribution in [1.29, 1.82) is 0 Å². The zero-order chi connectivity index (χ0) is 22.6. The fourth-order valence-corrected chi connectivity index (χ4v) is 4.75. The number of nitrogens with one attached hydrogen (secondary N) is 2. The third kappa shape index (κ3) is 8.73. The molecular weight excluding hydrogens is 440 g/mol. The largest absolute Gasteiger partial charge is 0.480 e. The Bertz CT molecular complexity index is 895. The molecule has 4 N–H and O–H groups in total. The first kappa shape index (κ1) is 24.3. The lowest BCUT2D eigenvalue weighted by molar-refractivity contribution is -0.141. The minimum Gasteiger partial charge on any atom is -0.480 e. The highest BCUT2D eigenvalue weighted by molar-refractivity contribution is 8.76. The zero-order valence-electron chi connectivity index (χ0n) is 16.4. The van der Waals surface area contributed by atoms with Gasteiger partial charge in [-0.05, 0) is 17.7 Å². The van der Waals surface area contributed by atoms with Crippen molar-refractivity contribution in [2.24, 2.45) is 0 Å². The Labute approximate surface area is 187 Å². The van der Waals surface area contributed by atoms with Gasteiger partial charge < -0.3 is 20.8 Å². The van der Waals surface area contributed by atoms with Crippen LogP contribution < -0.4 is 10.6 Å². The Hall–Kier alpha value is -2.98. The molecule has 0 radical (unpaired) electrons. The second kappa shape index (κ2) is 12.7. The zero-order valence-corrected chi connectivity index (χ0v) is 18.0. The van der Waals surface area contributed by atoms with E-state index in [4.69, 9.17) is 0 Å². The van der Waals surface area contributed by atoms with Crippen molar-refractivity contribution in [2.75, 3.05) is 11.5 Å². The smallest absolute Gasteiger partial charge is 0.327 e. The molecule has 0 spiro atoms. The van der Waals surface area contributed by atoms with Crippen LogP contribution in [-0.2, 0) is 20.8 Å². The van der Waals surface area contributed by atoms with Gasteiger partial charge in [0.25, 0.3) is 5.91 Å². The predicted octanol–water partition coefficient (Wildman–Crippen LogP) is 2.06. The first-order valence-electron chi connectivity index (χ1n) is 9.26. The number of carboxylic acid groups (broad SMARTS) is 2. The second-order valence-corrected chi connectivity index (χ2v) is 8.97. The van der Waals surface area contributed by atoms with Gasteiger partial charge in [-0.2, -0.15) is 0 Å². The molecule has 0 saturated carbocycles. The molecule has 2 amide bonds. The van der Waals surface area contributed by atoms with Gasteiger partial charge in [0.15, 0.2) is 0 Å². The molecule has 0 saturated heterocycles. The molecule has 0 bridgehead atoms. The maximum absolute atomic E-state index is 12.1. The summed E-state index contributed by atoms with van der Waals surface area (Å²) in [5.74, 6) is -3.22. The molecule has 2 unspecified atom stereocenters. The van der Waals surface area contributed by atoms with E-state index in [-0.39, 0.29) is 17.9 Å². The van der Waals surface area contributed by atoms with Gasteiger partial charge in [0.05, 0.1) is 6.42 Å². The molecule has 8 nitrogen and oxygen atoms in total. The highest BCUT2D eigenvalue weighted by atomic mass is 33.1. The summed E-state index contributed by atoms with van der Waals surface area (Å²) in [6, 6.07) is 14.9. The molecule has 2 aromatic rings. The summed E-state index contributed by atoms with van der Waals surface area (Å²) in [4.78, 5) is 47.1. The van der Waals surface area contributed by atoms with Crippen LogP contribution in [0.4, 0.5) is 0 Å². The Balaban J connectivity index is 1.79. The molecule has 0 aliphatic carbocycles. The fourth-order valence-electron chi connectivity index (χ4n) is 2.44. The van der Waals surface area contributed by atoms with Gasteiger partial charge in [0.1, 0.15) is 12.1 Å². The maximum atomic E-state index is 12.1. The van der Waals surface area contributed by atoms with Gasteiger partial charge in [-0.1, -0.05) is 70.1 Å². The monoisotopic (exact) mass is 462 g/mol. The molecule has 10 heteroatoms. The quantitative estimate of drug-likeness (QED) is 0.278. The van der Waals surface area contributed by atoms with Crippen LogP contribution >= 0.6 is 21.6 Å². The number of hydrogen-bond acceptors (Lipinski definition) is 6. The summed E-state index contributed by atoms with van der Waals surface area (Å²) in [5, 5.41) is 23.6. The van der Waals surface area contributed by atoms with E-state index in [0.29, 0.717) is 5.56 Å². The van der Waals surface area contributed by atoms with Crippen molar-refractivity contribution in [3.63, 3.8) is 0 Å². The van der Waals surface area contributed by atoms with E-state index in [1.165, 1.54) is 0 Å². The summed E-state index contributed by atoms with van der Waals surface area (Å²) in [7, 11) is 2.22. The Morgan fingerprint density at radius 2 is 1.23 bits per heavy atom. The summed E-state index contributed by atoms with van der Waals surface area (Å²) < 4.78 is 0. The van der Waals surface area contributed by atoms with Crippen LogP contribution in [0.25, 0.3) is 0 Å². The van der Waals surface area contributed by atoms with Crippen molar-refractivity contribution in [3.8, 4) is 0 Å². The van der Waals surface area contributed by atoms with E-state index in [0.717, 1.165) is 27.2 Å². The van der Waals surface area contributed by atoms with E-state index in [9.17, 15) is 29.4 Å². The summed E-state index contributed by atoms with van der Waals surface area (Å²) in [6.45, 7) is 0. The number of carbonyl (C=O) groups is 4. The molecule has 0 aromatic heterocycles. The molecule has 0 aliphatic rings. The summed E-state index contributed by atoms with van der Waals surface area (Å²) >= 11 is 0. The van der Waals surface area contributed by atoms with Crippen molar-refractivity contribution < 1.29 is 29.4 Å². The molecule has 164 valence electrons. The third-order valence-electron chi connectivity index (χ3n) is 4.03. The molecule has 0 fully saturated rings. The van der Waals surface area contributed by atoms with Crippen LogP contribution in [0.2, 0.25) is 0 Å². The van der Waals surface area contributed by atoms with Gasteiger partial charge in [0.2, 0.25) is 5.91 Å². The van der Waals surface area contributed by atoms with Gasteiger partial charge in [-0.15, -0.1) is 0 Å². The molecule has 2 aromatic carbocycles. The number of rotatable bonds is 12. The molecular formula is C21H22N2O6S2. The first-order valence-corrected chi connectivity index (χ1v) is 11.7. The summed E-state index contributed by atoms with van der Waals surface area (Å²) in [6.07, 6.45) is 0.0645. The van der Waals surface area contributed by atoms with Gasteiger partial charge in [-0.25, -0.2) is 9.59 Å². The molecule has 0 heterocycles. The van der Waals surface area contributed by atoms with E-state index < -0.39 is 35.8 Å². The number of carbonyl (C=O) groups excluding carboxylic acids is 2. The summed E-state index contributed by atoms with van der Waals surface area (Å²) in [5.41, 5.74) is 1.11. The Morgan fingerprint density at radius 1 is 0.742 bits per heavy atom. The SMILES string of the molecule is O=C(Cc1ccccc1)NC(CSSCC(NC(=O)c1ccccc1)C(=O)O)C(=O)O. The van der Waals surface area contributed by atoms with E-state index in [1.807, 2.05) is 6.07 Å². The van der Waals surface area contributed by atoms with Crippen LogP contribution in [0.15, 0.2) is 60.7 Å². The molecule has 2 atom stereocenters. The van der Waals surface area contributed by atoms with Crippen LogP contribution in [0.3, 0.4) is 0 Å². The van der Waals surface area contributed by atoms with Crippen molar-refractivity contribution in [3.05, 3.63) is 71.8 Å². The average Bonchev–Trinajstić information content (AvgIpc) is 2.75. The highest BCUT2D eigenvalue weighted by Gasteiger charge is 2.23.